The predicted molar refractivity (Wildman–Crippen MR) is 70.2 cm³/mol. The van der Waals surface area contributed by atoms with Crippen LogP contribution in [0.2, 0.25) is 5.02 Å². The van der Waals surface area contributed by atoms with Gasteiger partial charge in [-0.1, -0.05) is 11.6 Å². The summed E-state index contributed by atoms with van der Waals surface area (Å²) >= 11 is 5.62. The zero-order chi connectivity index (χ0) is 14.3. The van der Waals surface area contributed by atoms with Crippen LogP contribution in [-0.4, -0.2) is 15.6 Å². The van der Waals surface area contributed by atoms with Crippen LogP contribution in [0.25, 0.3) is 5.69 Å². The van der Waals surface area contributed by atoms with E-state index in [9.17, 15) is 13.2 Å². The highest BCUT2D eigenvalue weighted by Gasteiger charge is 2.33. The molecule has 1 aromatic heterocycles. The van der Waals surface area contributed by atoms with Crippen molar-refractivity contribution in [3.8, 4) is 5.69 Å². The van der Waals surface area contributed by atoms with E-state index < -0.39 is 11.7 Å². The van der Waals surface area contributed by atoms with Crippen molar-refractivity contribution in [1.29, 1.82) is 0 Å². The van der Waals surface area contributed by atoms with Gasteiger partial charge in [0, 0.05) is 24.1 Å². The Labute approximate surface area is 118 Å². The quantitative estimate of drug-likeness (QED) is 0.924. The van der Waals surface area contributed by atoms with E-state index >= 15 is 0 Å². The number of imidazole rings is 1. The summed E-state index contributed by atoms with van der Waals surface area (Å²) < 4.78 is 40.2. The molecule has 3 rings (SSSR count). The maximum Gasteiger partial charge on any atom is 0.417 e. The van der Waals surface area contributed by atoms with Gasteiger partial charge in [0.2, 0.25) is 5.95 Å². The highest BCUT2D eigenvalue weighted by molar-refractivity contribution is 6.31. The van der Waals surface area contributed by atoms with Crippen molar-refractivity contribution < 1.29 is 13.2 Å². The molecule has 1 heterocycles. The van der Waals surface area contributed by atoms with Gasteiger partial charge in [0.25, 0.3) is 0 Å². The van der Waals surface area contributed by atoms with Crippen LogP contribution in [0.1, 0.15) is 18.4 Å². The van der Waals surface area contributed by atoms with Crippen LogP contribution in [0, 0.1) is 0 Å². The Morgan fingerprint density at radius 3 is 2.70 bits per heavy atom. The molecule has 0 saturated heterocycles. The minimum Gasteiger partial charge on any atom is -0.353 e. The Balaban J connectivity index is 2.00. The smallest absolute Gasteiger partial charge is 0.353 e. The molecule has 1 saturated carbocycles. The number of nitrogens with one attached hydrogen (secondary N) is 1. The first-order valence-corrected chi connectivity index (χ1v) is 6.50. The second kappa shape index (κ2) is 4.70. The van der Waals surface area contributed by atoms with Gasteiger partial charge in [0.1, 0.15) is 0 Å². The van der Waals surface area contributed by atoms with Gasteiger partial charge in [-0.15, -0.1) is 0 Å². The van der Waals surface area contributed by atoms with E-state index in [4.69, 9.17) is 11.6 Å². The summed E-state index contributed by atoms with van der Waals surface area (Å²) in [6.07, 6.45) is 0.807. The Kier molecular flexibility index (Phi) is 3.12. The number of anilines is 1. The van der Waals surface area contributed by atoms with Crippen molar-refractivity contribution in [3.63, 3.8) is 0 Å². The molecule has 0 radical (unpaired) electrons. The summed E-state index contributed by atoms with van der Waals surface area (Å²) in [7, 11) is 0. The molecule has 1 aliphatic carbocycles. The number of alkyl halides is 3. The van der Waals surface area contributed by atoms with E-state index in [0.717, 1.165) is 18.9 Å². The summed E-state index contributed by atoms with van der Waals surface area (Å²) in [5, 5.41) is 2.87. The fourth-order valence-corrected chi connectivity index (χ4v) is 2.13. The van der Waals surface area contributed by atoms with Crippen molar-refractivity contribution in [2.24, 2.45) is 0 Å². The van der Waals surface area contributed by atoms with Gasteiger partial charge in [-0.2, -0.15) is 13.2 Å². The monoisotopic (exact) mass is 301 g/mol. The molecule has 0 unspecified atom stereocenters. The third kappa shape index (κ3) is 2.60. The number of nitrogens with zero attached hydrogens (tertiary/aromatic N) is 2. The average Bonchev–Trinajstić information content (AvgIpc) is 3.06. The molecule has 1 aliphatic rings. The maximum atomic E-state index is 12.9. The molecule has 0 aliphatic heterocycles. The van der Waals surface area contributed by atoms with Crippen molar-refractivity contribution in [2.45, 2.75) is 25.1 Å². The summed E-state index contributed by atoms with van der Waals surface area (Å²) in [5.41, 5.74) is -0.467. The number of hydrogen-bond donors (Lipinski definition) is 1. The largest absolute Gasteiger partial charge is 0.417 e. The first-order valence-electron chi connectivity index (χ1n) is 6.12. The summed E-state index contributed by atoms with van der Waals surface area (Å²) in [6, 6.07) is 4.19. The third-order valence-electron chi connectivity index (χ3n) is 3.08. The van der Waals surface area contributed by atoms with E-state index in [1.54, 1.807) is 17.0 Å². The minimum absolute atomic E-state index is 0.307. The normalized spacial score (nSPS) is 15.4. The van der Waals surface area contributed by atoms with Crippen LogP contribution in [0.4, 0.5) is 19.1 Å². The summed E-state index contributed by atoms with van der Waals surface area (Å²) in [4.78, 5) is 4.12. The second-order valence-electron chi connectivity index (χ2n) is 4.70. The Bertz CT molecular complexity index is 632. The van der Waals surface area contributed by atoms with Gasteiger partial charge in [-0.25, -0.2) is 4.98 Å². The van der Waals surface area contributed by atoms with Gasteiger partial charge in [-0.05, 0) is 31.0 Å². The lowest BCUT2D eigenvalue weighted by atomic mass is 10.2. The summed E-state index contributed by atoms with van der Waals surface area (Å²) in [5.74, 6) is 0.544. The zero-order valence-electron chi connectivity index (χ0n) is 10.3. The number of benzene rings is 1. The molecule has 0 atom stereocenters. The summed E-state index contributed by atoms with van der Waals surface area (Å²) in [6.45, 7) is 0. The molecule has 1 fully saturated rings. The fraction of sp³-hybridized carbons (Fsp3) is 0.308. The molecule has 0 bridgehead atoms. The standard InChI is InChI=1S/C13H11ClF3N3/c14-11-4-3-9(7-10(11)13(15,16)17)20-6-5-18-12(20)19-8-1-2-8/h3-8H,1-2H2,(H,18,19). The predicted octanol–water partition coefficient (Wildman–Crippen LogP) is 4.12. The van der Waals surface area contributed by atoms with Crippen LogP contribution in [-0.2, 0) is 6.18 Å². The van der Waals surface area contributed by atoms with E-state index in [0.29, 0.717) is 17.7 Å². The molecule has 2 aromatic rings. The number of rotatable bonds is 3. The highest BCUT2D eigenvalue weighted by Crippen LogP contribution is 2.36. The van der Waals surface area contributed by atoms with Crippen LogP contribution < -0.4 is 5.32 Å². The molecular formula is C13H11ClF3N3. The zero-order valence-corrected chi connectivity index (χ0v) is 11.0. The third-order valence-corrected chi connectivity index (χ3v) is 3.41. The van der Waals surface area contributed by atoms with Crippen molar-refractivity contribution >= 4 is 17.5 Å². The Hall–Kier alpha value is -1.69. The molecular weight excluding hydrogens is 291 g/mol. The van der Waals surface area contributed by atoms with Gasteiger partial charge in [0.15, 0.2) is 0 Å². The van der Waals surface area contributed by atoms with Gasteiger partial charge >= 0.3 is 6.18 Å². The lowest BCUT2D eigenvalue weighted by Gasteiger charge is -2.13. The lowest BCUT2D eigenvalue weighted by Crippen LogP contribution is -2.10. The van der Waals surface area contributed by atoms with E-state index in [2.05, 4.69) is 10.3 Å². The highest BCUT2D eigenvalue weighted by atomic mass is 35.5. The Morgan fingerprint density at radius 1 is 1.30 bits per heavy atom. The van der Waals surface area contributed by atoms with Gasteiger partial charge < -0.3 is 5.32 Å². The average molecular weight is 302 g/mol. The topological polar surface area (TPSA) is 29.9 Å². The SMILES string of the molecule is FC(F)(F)c1cc(-n2ccnc2NC2CC2)ccc1Cl. The Morgan fingerprint density at radius 2 is 2.05 bits per heavy atom. The van der Waals surface area contributed by atoms with Crippen molar-refractivity contribution in [2.75, 3.05) is 5.32 Å². The number of aromatic nitrogens is 2. The van der Waals surface area contributed by atoms with Crippen LogP contribution in [0.15, 0.2) is 30.6 Å². The molecule has 3 nitrogen and oxygen atoms in total. The minimum atomic E-state index is -4.47. The van der Waals surface area contributed by atoms with Gasteiger partial charge in [-0.3, -0.25) is 4.57 Å². The van der Waals surface area contributed by atoms with E-state index in [1.165, 1.54) is 12.1 Å². The van der Waals surface area contributed by atoms with Gasteiger partial charge in [0.05, 0.1) is 10.6 Å². The first-order chi connectivity index (χ1) is 9.45. The molecule has 1 aromatic carbocycles. The van der Waals surface area contributed by atoms with Crippen molar-refractivity contribution in [3.05, 3.63) is 41.2 Å². The van der Waals surface area contributed by atoms with E-state index in [-0.39, 0.29) is 5.02 Å². The fourth-order valence-electron chi connectivity index (χ4n) is 1.91. The maximum absolute atomic E-state index is 12.9. The molecule has 1 N–H and O–H groups in total. The number of halogens is 4. The molecule has 20 heavy (non-hydrogen) atoms. The molecule has 0 amide bonds. The van der Waals surface area contributed by atoms with Crippen molar-refractivity contribution in [1.82, 2.24) is 9.55 Å². The molecule has 0 spiro atoms. The van der Waals surface area contributed by atoms with Crippen LogP contribution in [0.5, 0.6) is 0 Å². The molecule has 7 heteroatoms. The second-order valence-corrected chi connectivity index (χ2v) is 5.11. The van der Waals surface area contributed by atoms with Crippen LogP contribution >= 0.6 is 11.6 Å². The first kappa shape index (κ1) is 13.3. The lowest BCUT2D eigenvalue weighted by molar-refractivity contribution is -0.137. The number of hydrogen-bond acceptors (Lipinski definition) is 2. The molecule has 106 valence electrons. The van der Waals surface area contributed by atoms with E-state index in [1.807, 2.05) is 0 Å². The van der Waals surface area contributed by atoms with Crippen LogP contribution in [0.3, 0.4) is 0 Å².